The van der Waals surface area contributed by atoms with Crippen LogP contribution in [-0.2, 0) is 11.3 Å². The first-order chi connectivity index (χ1) is 16.0. The van der Waals surface area contributed by atoms with Crippen molar-refractivity contribution in [3.8, 4) is 28.4 Å². The van der Waals surface area contributed by atoms with E-state index in [4.69, 9.17) is 14.2 Å². The molecule has 2 aromatic heterocycles. The maximum absolute atomic E-state index is 11.3. The molecular formula is C26H23N2NaO5. The third kappa shape index (κ3) is 5.12. The number of pyridine rings is 1. The van der Waals surface area contributed by atoms with Gasteiger partial charge in [-0.15, -0.1) is 0 Å². The largest absolute Gasteiger partial charge is 1.00 e. The fourth-order valence-corrected chi connectivity index (χ4v) is 3.92. The Morgan fingerprint density at radius 2 is 1.62 bits per heavy atom. The fourth-order valence-electron chi connectivity index (χ4n) is 3.92. The molecule has 0 unspecified atom stereocenters. The zero-order valence-corrected chi connectivity index (χ0v) is 21.6. The van der Waals surface area contributed by atoms with E-state index in [2.05, 4.69) is 4.98 Å². The van der Waals surface area contributed by atoms with Crippen LogP contribution < -0.4 is 48.9 Å². The molecule has 0 N–H and O–H groups in total. The maximum Gasteiger partial charge on any atom is 1.00 e. The number of hydrogen-bond acceptors (Lipinski definition) is 6. The molecule has 7 nitrogen and oxygen atoms in total. The van der Waals surface area contributed by atoms with Crippen molar-refractivity contribution in [3.63, 3.8) is 0 Å². The van der Waals surface area contributed by atoms with Crippen LogP contribution in [0.5, 0.6) is 17.2 Å². The van der Waals surface area contributed by atoms with Crippen LogP contribution >= 0.6 is 0 Å². The monoisotopic (exact) mass is 466 g/mol. The van der Waals surface area contributed by atoms with Gasteiger partial charge in [0.2, 0.25) is 0 Å². The SMILES string of the molecule is COc1ccc(-c2c(/C=C/C(=O)[O-])n(Cc3ccncc3)c3cc(OC)c(OC)cc23)cc1.[Na+]. The Morgan fingerprint density at radius 3 is 2.21 bits per heavy atom. The molecule has 4 rings (SSSR count). The number of fused-ring (bicyclic) bond motifs is 1. The van der Waals surface area contributed by atoms with Crippen molar-refractivity contribution in [1.82, 2.24) is 9.55 Å². The molecule has 0 spiro atoms. The molecule has 8 heteroatoms. The van der Waals surface area contributed by atoms with E-state index in [-0.39, 0.29) is 29.6 Å². The summed E-state index contributed by atoms with van der Waals surface area (Å²) in [4.78, 5) is 15.4. The van der Waals surface area contributed by atoms with E-state index < -0.39 is 5.97 Å². The Morgan fingerprint density at radius 1 is 0.971 bits per heavy atom. The smallest absolute Gasteiger partial charge is 0.545 e. The molecule has 0 saturated carbocycles. The van der Waals surface area contributed by atoms with Crippen LogP contribution in [0.2, 0.25) is 0 Å². The molecule has 0 amide bonds. The van der Waals surface area contributed by atoms with Crippen molar-refractivity contribution < 1.29 is 53.7 Å². The Hall–Kier alpha value is -3.26. The van der Waals surface area contributed by atoms with E-state index in [0.717, 1.165) is 39.4 Å². The molecule has 2 aromatic carbocycles. The Kier molecular flexibility index (Phi) is 8.39. The first-order valence-electron chi connectivity index (χ1n) is 10.3. The Balaban J connectivity index is 0.00000324. The van der Waals surface area contributed by atoms with Gasteiger partial charge >= 0.3 is 29.6 Å². The van der Waals surface area contributed by atoms with Gasteiger partial charge in [-0.25, -0.2) is 0 Å². The number of carbonyl (C=O) groups is 1. The molecule has 0 aliphatic carbocycles. The number of carboxylic acid groups (broad SMARTS) is 1. The number of nitrogens with zero attached hydrogens (tertiary/aromatic N) is 2. The Bertz CT molecular complexity index is 1320. The van der Waals surface area contributed by atoms with Gasteiger partial charge in [0.1, 0.15) is 5.75 Å². The molecule has 2 heterocycles. The molecule has 0 radical (unpaired) electrons. The molecule has 34 heavy (non-hydrogen) atoms. The summed E-state index contributed by atoms with van der Waals surface area (Å²) in [5.41, 5.74) is 4.36. The minimum absolute atomic E-state index is 0. The second-order valence-electron chi connectivity index (χ2n) is 7.31. The molecular weight excluding hydrogens is 443 g/mol. The number of benzene rings is 2. The predicted octanol–water partition coefficient (Wildman–Crippen LogP) is 0.544. The van der Waals surface area contributed by atoms with Crippen LogP contribution in [0.1, 0.15) is 11.3 Å². The van der Waals surface area contributed by atoms with Gasteiger partial charge in [-0.1, -0.05) is 12.1 Å². The van der Waals surface area contributed by atoms with Crippen LogP contribution in [0.4, 0.5) is 0 Å². The van der Waals surface area contributed by atoms with Gasteiger partial charge in [-0.3, -0.25) is 4.98 Å². The van der Waals surface area contributed by atoms with Gasteiger partial charge in [-0.05, 0) is 53.6 Å². The number of methoxy groups -OCH3 is 3. The standard InChI is InChI=1S/C26H24N2O5.Na/c1-31-19-6-4-18(5-7-19)26-20-14-23(32-2)24(33-3)15-22(20)28(21(26)8-9-25(29)30)16-17-10-12-27-13-11-17;/h4-15H,16H2,1-3H3,(H,29,30);/q;+1/p-1/b9-8+;. The van der Waals surface area contributed by atoms with Gasteiger partial charge in [0.05, 0.1) is 38.5 Å². The van der Waals surface area contributed by atoms with Gasteiger partial charge in [0.25, 0.3) is 0 Å². The second-order valence-corrected chi connectivity index (χ2v) is 7.31. The minimum atomic E-state index is -1.27. The quantitative estimate of drug-likeness (QED) is 0.279. The number of carboxylic acids is 1. The average molecular weight is 466 g/mol. The minimum Gasteiger partial charge on any atom is -0.545 e. The number of aromatic nitrogens is 2. The molecule has 0 aliphatic heterocycles. The van der Waals surface area contributed by atoms with Crippen molar-refractivity contribution in [1.29, 1.82) is 0 Å². The zero-order chi connectivity index (χ0) is 23.4. The van der Waals surface area contributed by atoms with Crippen molar-refractivity contribution in [2.75, 3.05) is 21.3 Å². The Labute approximate surface area is 219 Å². The first-order valence-corrected chi connectivity index (χ1v) is 10.3. The third-order valence-electron chi connectivity index (χ3n) is 5.45. The van der Waals surface area contributed by atoms with E-state index in [1.54, 1.807) is 39.8 Å². The molecule has 168 valence electrons. The average Bonchev–Trinajstić information content (AvgIpc) is 3.14. The van der Waals surface area contributed by atoms with Crippen molar-refractivity contribution in [2.45, 2.75) is 6.54 Å². The van der Waals surface area contributed by atoms with E-state index in [0.29, 0.717) is 23.7 Å². The summed E-state index contributed by atoms with van der Waals surface area (Å²) < 4.78 is 18.5. The number of aliphatic carboxylic acids is 1. The number of hydrogen-bond donors (Lipinski definition) is 0. The predicted molar refractivity (Wildman–Crippen MR) is 124 cm³/mol. The molecule has 4 aromatic rings. The van der Waals surface area contributed by atoms with Crippen LogP contribution in [0.3, 0.4) is 0 Å². The summed E-state index contributed by atoms with van der Waals surface area (Å²) >= 11 is 0. The number of rotatable bonds is 8. The van der Waals surface area contributed by atoms with Gasteiger partial charge < -0.3 is 28.7 Å². The van der Waals surface area contributed by atoms with Crippen LogP contribution in [0.15, 0.2) is 67.0 Å². The summed E-state index contributed by atoms with van der Waals surface area (Å²) in [6, 6.07) is 15.3. The topological polar surface area (TPSA) is 85.6 Å². The van der Waals surface area contributed by atoms with Crippen molar-refractivity contribution >= 4 is 22.9 Å². The fraction of sp³-hybridized carbons (Fsp3) is 0.154. The molecule has 0 bridgehead atoms. The van der Waals surface area contributed by atoms with Gasteiger partial charge in [0, 0.05) is 36.0 Å². The second kappa shape index (κ2) is 11.2. The van der Waals surface area contributed by atoms with E-state index in [1.807, 2.05) is 53.1 Å². The summed E-state index contributed by atoms with van der Waals surface area (Å²) in [5, 5.41) is 12.2. The summed E-state index contributed by atoms with van der Waals surface area (Å²) in [6.07, 6.45) is 6.06. The van der Waals surface area contributed by atoms with E-state index in [1.165, 1.54) is 0 Å². The van der Waals surface area contributed by atoms with Gasteiger partial charge in [-0.2, -0.15) is 0 Å². The van der Waals surface area contributed by atoms with E-state index in [9.17, 15) is 9.90 Å². The van der Waals surface area contributed by atoms with Crippen molar-refractivity contribution in [3.05, 3.63) is 78.3 Å². The number of ether oxygens (including phenoxy) is 3. The molecule has 0 aliphatic rings. The van der Waals surface area contributed by atoms with Crippen LogP contribution in [0.25, 0.3) is 28.1 Å². The molecule has 0 saturated heterocycles. The number of carbonyl (C=O) groups excluding carboxylic acids is 1. The summed E-state index contributed by atoms with van der Waals surface area (Å²) in [6.45, 7) is 0.497. The summed E-state index contributed by atoms with van der Waals surface area (Å²) in [5.74, 6) is 0.614. The maximum atomic E-state index is 11.3. The molecule has 0 fully saturated rings. The normalized spacial score (nSPS) is 10.8. The van der Waals surface area contributed by atoms with E-state index >= 15 is 0 Å². The molecule has 0 atom stereocenters. The summed E-state index contributed by atoms with van der Waals surface area (Å²) in [7, 11) is 4.78. The van der Waals surface area contributed by atoms with Crippen molar-refractivity contribution in [2.24, 2.45) is 0 Å². The van der Waals surface area contributed by atoms with Crippen LogP contribution in [0, 0.1) is 0 Å². The zero-order valence-electron chi connectivity index (χ0n) is 19.6. The van der Waals surface area contributed by atoms with Gasteiger partial charge in [0.15, 0.2) is 11.5 Å². The van der Waals surface area contributed by atoms with Crippen LogP contribution in [-0.4, -0.2) is 36.8 Å². The first kappa shape index (κ1) is 25.4. The third-order valence-corrected chi connectivity index (χ3v) is 5.45.